The molecule has 1 atom stereocenters. The third kappa shape index (κ3) is 3.54. The van der Waals surface area contributed by atoms with E-state index >= 15 is 0 Å². The molecule has 1 aromatic heterocycles. The molecule has 0 saturated carbocycles. The quantitative estimate of drug-likeness (QED) is 0.865. The molecule has 0 aromatic carbocycles. The molecule has 0 aliphatic carbocycles. The van der Waals surface area contributed by atoms with Crippen molar-refractivity contribution in [1.82, 2.24) is 10.3 Å². The van der Waals surface area contributed by atoms with E-state index in [1.165, 1.54) is 0 Å². The van der Waals surface area contributed by atoms with Gasteiger partial charge in [0.1, 0.15) is 0 Å². The lowest BCUT2D eigenvalue weighted by Gasteiger charge is -2.32. The van der Waals surface area contributed by atoms with E-state index in [1.54, 1.807) is 0 Å². The zero-order valence-corrected chi connectivity index (χ0v) is 13.8. The zero-order chi connectivity index (χ0) is 15.7. The first-order valence-electron chi connectivity index (χ1n) is 7.43. The fourth-order valence-corrected chi connectivity index (χ4v) is 2.10. The molecule has 2 rings (SSSR count). The number of hydrogen-bond donors (Lipinski definition) is 1. The summed E-state index contributed by atoms with van der Waals surface area (Å²) >= 11 is 0. The highest BCUT2D eigenvalue weighted by molar-refractivity contribution is 6.52. The first-order chi connectivity index (χ1) is 9.75. The van der Waals surface area contributed by atoms with Gasteiger partial charge >= 0.3 is 7.12 Å². The molecule has 0 amide bonds. The Morgan fingerprint density at radius 2 is 1.81 bits per heavy atom. The van der Waals surface area contributed by atoms with E-state index in [-0.39, 0.29) is 24.4 Å². The normalized spacial score (nSPS) is 21.9. The Morgan fingerprint density at radius 3 is 2.38 bits per heavy atom. The van der Waals surface area contributed by atoms with Crippen LogP contribution in [0.3, 0.4) is 0 Å². The molecule has 1 saturated heterocycles. The van der Waals surface area contributed by atoms with Crippen LogP contribution in [0.25, 0.3) is 6.08 Å². The van der Waals surface area contributed by atoms with Crippen LogP contribution in [0.1, 0.15) is 52.0 Å². The fraction of sp³-hybridized carbons (Fsp3) is 0.562. The van der Waals surface area contributed by atoms with Crippen molar-refractivity contribution in [2.75, 3.05) is 7.05 Å². The van der Waals surface area contributed by atoms with Gasteiger partial charge in [-0.2, -0.15) is 0 Å². The van der Waals surface area contributed by atoms with Gasteiger partial charge in [-0.1, -0.05) is 12.0 Å². The number of rotatable bonds is 4. The van der Waals surface area contributed by atoms with Crippen molar-refractivity contribution >= 4 is 13.2 Å². The highest BCUT2D eigenvalue weighted by Gasteiger charge is 2.49. The van der Waals surface area contributed by atoms with Gasteiger partial charge < -0.3 is 14.6 Å². The molecule has 1 aliphatic rings. The van der Waals surface area contributed by atoms with Crippen LogP contribution < -0.4 is 5.32 Å². The van der Waals surface area contributed by atoms with E-state index in [4.69, 9.17) is 9.31 Å². The minimum absolute atomic E-state index is 0.232. The molecule has 0 bridgehead atoms. The minimum Gasteiger partial charge on any atom is -0.400 e. The van der Waals surface area contributed by atoms with Crippen LogP contribution in [-0.4, -0.2) is 30.4 Å². The van der Waals surface area contributed by atoms with E-state index in [2.05, 4.69) is 17.2 Å². The molecule has 1 aromatic rings. The third-order valence-corrected chi connectivity index (χ3v) is 4.36. The molecule has 0 spiro atoms. The Hall–Kier alpha value is -1.17. The summed E-state index contributed by atoms with van der Waals surface area (Å²) in [5.41, 5.74) is 1.31. The van der Waals surface area contributed by atoms with E-state index in [0.29, 0.717) is 0 Å². The smallest absolute Gasteiger partial charge is 0.400 e. The van der Waals surface area contributed by atoms with Gasteiger partial charge in [-0.15, -0.1) is 0 Å². The van der Waals surface area contributed by atoms with Crippen LogP contribution in [0.5, 0.6) is 0 Å². The van der Waals surface area contributed by atoms with Crippen molar-refractivity contribution in [2.24, 2.45) is 0 Å². The number of nitrogens with zero attached hydrogens (tertiary/aromatic N) is 1. The molecule has 114 valence electrons. The second-order valence-electron chi connectivity index (χ2n) is 6.48. The standard InChI is InChI=1S/C16H25BN2O2/c1-12(18-6)14-9-7-8-13(19-14)10-11-17-20-15(2,3)16(4,5)21-17/h7-12,18H,1-6H3/b11-10+/t12-/m0/s1. The summed E-state index contributed by atoms with van der Waals surface area (Å²) in [4.78, 5) is 4.62. The van der Waals surface area contributed by atoms with Gasteiger partial charge in [0.2, 0.25) is 0 Å². The van der Waals surface area contributed by atoms with Gasteiger partial charge in [0.15, 0.2) is 0 Å². The lowest BCUT2D eigenvalue weighted by Crippen LogP contribution is -2.41. The lowest BCUT2D eigenvalue weighted by molar-refractivity contribution is 0.00578. The van der Waals surface area contributed by atoms with Gasteiger partial charge in [0.05, 0.1) is 22.6 Å². The predicted molar refractivity (Wildman–Crippen MR) is 86.8 cm³/mol. The van der Waals surface area contributed by atoms with Crippen molar-refractivity contribution < 1.29 is 9.31 Å². The zero-order valence-electron chi connectivity index (χ0n) is 13.8. The second-order valence-corrected chi connectivity index (χ2v) is 6.48. The van der Waals surface area contributed by atoms with Crippen LogP contribution in [-0.2, 0) is 9.31 Å². The Kier molecular flexibility index (Phi) is 4.56. The summed E-state index contributed by atoms with van der Waals surface area (Å²) in [6, 6.07) is 6.25. The van der Waals surface area contributed by atoms with Crippen LogP contribution >= 0.6 is 0 Å². The van der Waals surface area contributed by atoms with Crippen LogP contribution in [0, 0.1) is 0 Å². The maximum atomic E-state index is 5.94. The molecule has 1 aliphatic heterocycles. The summed E-state index contributed by atoms with van der Waals surface area (Å²) < 4.78 is 11.9. The summed E-state index contributed by atoms with van der Waals surface area (Å²) in [6.07, 6.45) is 1.95. The van der Waals surface area contributed by atoms with Crippen LogP contribution in [0.4, 0.5) is 0 Å². The molecule has 4 nitrogen and oxygen atoms in total. The van der Waals surface area contributed by atoms with Gasteiger partial charge in [-0.3, -0.25) is 4.98 Å². The topological polar surface area (TPSA) is 43.4 Å². The first kappa shape index (κ1) is 16.2. The van der Waals surface area contributed by atoms with E-state index in [1.807, 2.05) is 65.0 Å². The van der Waals surface area contributed by atoms with E-state index in [9.17, 15) is 0 Å². The molecule has 21 heavy (non-hydrogen) atoms. The Bertz CT molecular complexity index is 513. The molecular formula is C16H25BN2O2. The van der Waals surface area contributed by atoms with Gasteiger partial charge in [0.25, 0.3) is 0 Å². The largest absolute Gasteiger partial charge is 0.487 e. The summed E-state index contributed by atoms with van der Waals surface area (Å²) in [5, 5.41) is 3.19. The van der Waals surface area contributed by atoms with Gasteiger partial charge in [-0.25, -0.2) is 0 Å². The Labute approximate surface area is 128 Å². The Balaban J connectivity index is 2.09. The van der Waals surface area contributed by atoms with E-state index < -0.39 is 0 Å². The number of nitrogens with one attached hydrogen (secondary N) is 1. The number of aromatic nitrogens is 1. The van der Waals surface area contributed by atoms with Gasteiger partial charge in [-0.05, 0) is 59.9 Å². The minimum atomic E-state index is -0.331. The molecule has 0 radical (unpaired) electrons. The second kappa shape index (κ2) is 5.91. The maximum Gasteiger partial charge on any atom is 0.487 e. The Morgan fingerprint density at radius 1 is 1.19 bits per heavy atom. The average Bonchev–Trinajstić information content (AvgIpc) is 2.64. The molecule has 1 N–H and O–H groups in total. The number of hydrogen-bond acceptors (Lipinski definition) is 4. The molecule has 0 unspecified atom stereocenters. The van der Waals surface area contributed by atoms with E-state index in [0.717, 1.165) is 11.4 Å². The summed E-state index contributed by atoms with van der Waals surface area (Å²) in [6.45, 7) is 10.3. The maximum absolute atomic E-state index is 5.94. The average molecular weight is 288 g/mol. The van der Waals surface area contributed by atoms with Crippen molar-refractivity contribution in [2.45, 2.75) is 51.9 Å². The van der Waals surface area contributed by atoms with Crippen molar-refractivity contribution in [3.63, 3.8) is 0 Å². The summed E-state index contributed by atoms with van der Waals surface area (Å²) in [5.74, 6) is 1.92. The van der Waals surface area contributed by atoms with Crippen LogP contribution in [0.15, 0.2) is 24.2 Å². The summed E-state index contributed by atoms with van der Waals surface area (Å²) in [7, 11) is 1.60. The SMILES string of the molecule is CN[C@@H](C)c1cccc(/C=C/B2OC(C)(C)C(C)(C)O2)n1. The van der Waals surface area contributed by atoms with Crippen molar-refractivity contribution in [1.29, 1.82) is 0 Å². The lowest BCUT2D eigenvalue weighted by atomic mass is 9.89. The first-order valence-corrected chi connectivity index (χ1v) is 7.43. The number of pyridine rings is 1. The van der Waals surface area contributed by atoms with Crippen molar-refractivity contribution in [3.8, 4) is 0 Å². The third-order valence-electron chi connectivity index (χ3n) is 4.36. The van der Waals surface area contributed by atoms with Gasteiger partial charge in [0, 0.05) is 6.04 Å². The highest BCUT2D eigenvalue weighted by atomic mass is 16.7. The molecule has 2 heterocycles. The fourth-order valence-electron chi connectivity index (χ4n) is 2.10. The highest BCUT2D eigenvalue weighted by Crippen LogP contribution is 2.36. The van der Waals surface area contributed by atoms with Crippen molar-refractivity contribution in [3.05, 3.63) is 35.6 Å². The molecule has 1 fully saturated rings. The van der Waals surface area contributed by atoms with Crippen LogP contribution in [0.2, 0.25) is 0 Å². The molecular weight excluding hydrogens is 263 g/mol. The predicted octanol–water partition coefficient (Wildman–Crippen LogP) is 3.01. The monoisotopic (exact) mass is 288 g/mol. The molecule has 5 heteroatoms.